The van der Waals surface area contributed by atoms with Gasteiger partial charge in [0, 0.05) is 17.8 Å². The monoisotopic (exact) mass is 397 g/mol. The van der Waals surface area contributed by atoms with Gasteiger partial charge in [-0.3, -0.25) is 4.99 Å². The van der Waals surface area contributed by atoms with E-state index < -0.39 is 0 Å². The number of guanidine groups is 1. The average Bonchev–Trinajstić information content (AvgIpc) is 2.71. The molecule has 0 radical (unpaired) electrons. The van der Waals surface area contributed by atoms with E-state index in [1.54, 1.807) is 0 Å². The van der Waals surface area contributed by atoms with Crippen molar-refractivity contribution in [3.8, 4) is 0 Å². The summed E-state index contributed by atoms with van der Waals surface area (Å²) in [5.41, 5.74) is 0. The molecule has 2 N–H and O–H groups in total. The lowest BCUT2D eigenvalue weighted by Crippen LogP contribution is -2.41. The molecule has 0 bridgehead atoms. The molecule has 0 aromatic heterocycles. The molecule has 1 saturated heterocycles. The topological polar surface area (TPSA) is 36.4 Å². The number of nitrogens with one attached hydrogen (secondary N) is 2. The average molecular weight is 397 g/mol. The lowest BCUT2D eigenvalue weighted by atomic mass is 9.85. The minimum Gasteiger partial charge on any atom is -0.357 e. The molecule has 1 aliphatic carbocycles. The van der Waals surface area contributed by atoms with Crippen molar-refractivity contribution in [2.75, 3.05) is 25.4 Å². The van der Waals surface area contributed by atoms with E-state index in [2.05, 4.69) is 36.2 Å². The Kier molecular flexibility index (Phi) is 7.87. The second kappa shape index (κ2) is 8.60. The molecule has 1 heterocycles. The third kappa shape index (κ3) is 5.69. The lowest BCUT2D eigenvalue weighted by Gasteiger charge is -2.27. The van der Waals surface area contributed by atoms with Gasteiger partial charge in [0.15, 0.2) is 5.96 Å². The Morgan fingerprint density at radius 2 is 2.11 bits per heavy atom. The maximum Gasteiger partial charge on any atom is 0.191 e. The summed E-state index contributed by atoms with van der Waals surface area (Å²) in [4.78, 5) is 4.77. The predicted octanol–water partition coefficient (Wildman–Crippen LogP) is 3.25. The van der Waals surface area contributed by atoms with Crippen LogP contribution in [0.1, 0.15) is 46.0 Å². The van der Waals surface area contributed by atoms with Crippen LogP contribution in [0.3, 0.4) is 0 Å². The van der Waals surface area contributed by atoms with Crippen molar-refractivity contribution in [1.82, 2.24) is 10.6 Å². The van der Waals surface area contributed by atoms with Gasteiger partial charge in [-0.25, -0.2) is 0 Å². The van der Waals surface area contributed by atoms with Gasteiger partial charge in [-0.2, -0.15) is 11.8 Å². The molecule has 112 valence electrons. The summed E-state index contributed by atoms with van der Waals surface area (Å²) in [6.07, 6.45) is 6.85. The molecular weight excluding hydrogens is 369 g/mol. The smallest absolute Gasteiger partial charge is 0.191 e. The van der Waals surface area contributed by atoms with E-state index in [-0.39, 0.29) is 24.0 Å². The molecule has 5 heteroatoms. The van der Waals surface area contributed by atoms with Crippen LogP contribution >= 0.6 is 35.7 Å². The Hall–Kier alpha value is 0.350. The van der Waals surface area contributed by atoms with Crippen molar-refractivity contribution >= 4 is 41.7 Å². The fourth-order valence-electron chi connectivity index (χ4n) is 2.49. The van der Waals surface area contributed by atoms with Gasteiger partial charge in [-0.1, -0.05) is 6.42 Å². The van der Waals surface area contributed by atoms with Gasteiger partial charge in [0.1, 0.15) is 0 Å². The van der Waals surface area contributed by atoms with Crippen molar-refractivity contribution in [1.29, 1.82) is 0 Å². The molecule has 1 saturated carbocycles. The zero-order chi connectivity index (χ0) is 12.8. The number of rotatable bonds is 5. The normalized spacial score (nSPS) is 27.6. The number of hydrogen-bond donors (Lipinski definition) is 2. The largest absolute Gasteiger partial charge is 0.357 e. The van der Waals surface area contributed by atoms with Gasteiger partial charge in [0.05, 0.1) is 6.54 Å². The van der Waals surface area contributed by atoms with E-state index in [1.165, 1.54) is 37.9 Å². The van der Waals surface area contributed by atoms with Gasteiger partial charge < -0.3 is 10.6 Å². The second-order valence-electron chi connectivity index (χ2n) is 5.77. The zero-order valence-electron chi connectivity index (χ0n) is 12.2. The quantitative estimate of drug-likeness (QED) is 0.425. The van der Waals surface area contributed by atoms with Crippen LogP contribution in [-0.2, 0) is 0 Å². The molecular formula is C14H28IN3S. The van der Waals surface area contributed by atoms with Gasteiger partial charge in [-0.15, -0.1) is 24.0 Å². The summed E-state index contributed by atoms with van der Waals surface area (Å²) in [5.74, 6) is 3.20. The molecule has 1 atom stereocenters. The number of halogens is 1. The zero-order valence-corrected chi connectivity index (χ0v) is 15.4. The standard InChI is InChI=1S/C14H27N3S.HI/c1-3-15-13(16-10-12-6-4-7-12)17-11-14(2)8-5-9-18-14;/h12H,3-11H2,1-2H3,(H2,15,16,17);1H. The number of thioether (sulfide) groups is 1. The highest BCUT2D eigenvalue weighted by atomic mass is 127. The molecule has 1 unspecified atom stereocenters. The lowest BCUT2D eigenvalue weighted by molar-refractivity contribution is 0.314. The van der Waals surface area contributed by atoms with Crippen LogP contribution < -0.4 is 10.6 Å². The van der Waals surface area contributed by atoms with Crippen molar-refractivity contribution in [3.05, 3.63) is 0 Å². The fourth-order valence-corrected chi connectivity index (χ4v) is 3.71. The molecule has 0 aromatic carbocycles. The molecule has 3 nitrogen and oxygen atoms in total. The summed E-state index contributed by atoms with van der Waals surface area (Å²) < 4.78 is 0.374. The van der Waals surface area contributed by atoms with Crippen LogP contribution in [0.25, 0.3) is 0 Å². The Bertz CT molecular complexity index is 286. The van der Waals surface area contributed by atoms with Crippen LogP contribution in [0.4, 0.5) is 0 Å². The Labute approximate surface area is 139 Å². The molecule has 2 aliphatic rings. The van der Waals surface area contributed by atoms with Crippen LogP contribution in [-0.4, -0.2) is 36.1 Å². The first-order valence-corrected chi connectivity index (χ1v) is 8.36. The summed E-state index contributed by atoms with van der Waals surface area (Å²) in [7, 11) is 0. The summed E-state index contributed by atoms with van der Waals surface area (Å²) in [6, 6.07) is 0. The van der Waals surface area contributed by atoms with Crippen molar-refractivity contribution in [2.45, 2.75) is 50.7 Å². The van der Waals surface area contributed by atoms with Crippen molar-refractivity contribution in [3.63, 3.8) is 0 Å². The van der Waals surface area contributed by atoms with Gasteiger partial charge in [0.2, 0.25) is 0 Å². The summed E-state index contributed by atoms with van der Waals surface area (Å²) in [5, 5.41) is 6.85. The van der Waals surface area contributed by atoms with Crippen LogP contribution in [0.15, 0.2) is 4.99 Å². The third-order valence-electron chi connectivity index (χ3n) is 4.00. The first-order valence-electron chi connectivity index (χ1n) is 7.38. The van der Waals surface area contributed by atoms with E-state index in [1.807, 2.05) is 0 Å². The van der Waals surface area contributed by atoms with Crippen molar-refractivity contribution < 1.29 is 0 Å². The second-order valence-corrected chi connectivity index (χ2v) is 7.46. The highest BCUT2D eigenvalue weighted by Crippen LogP contribution is 2.37. The molecule has 19 heavy (non-hydrogen) atoms. The van der Waals surface area contributed by atoms with Crippen molar-refractivity contribution in [2.24, 2.45) is 10.9 Å². The minimum absolute atomic E-state index is 0. The SMILES string of the molecule is CCNC(=NCC1(C)CCCS1)NCC1CCC1.I. The van der Waals surface area contributed by atoms with E-state index in [0.717, 1.165) is 31.5 Å². The first-order chi connectivity index (χ1) is 8.72. The maximum absolute atomic E-state index is 4.77. The van der Waals surface area contributed by atoms with Crippen LogP contribution in [0.2, 0.25) is 0 Å². The predicted molar refractivity (Wildman–Crippen MR) is 96.8 cm³/mol. The fraction of sp³-hybridized carbons (Fsp3) is 0.929. The number of hydrogen-bond acceptors (Lipinski definition) is 2. The van der Waals surface area contributed by atoms with Gasteiger partial charge in [-0.05, 0) is 51.2 Å². The number of aliphatic imine (C=N–C) groups is 1. The molecule has 2 rings (SSSR count). The van der Waals surface area contributed by atoms with E-state index in [4.69, 9.17) is 4.99 Å². The molecule has 2 fully saturated rings. The molecule has 0 aromatic rings. The van der Waals surface area contributed by atoms with Crippen LogP contribution in [0.5, 0.6) is 0 Å². The van der Waals surface area contributed by atoms with Gasteiger partial charge >= 0.3 is 0 Å². The summed E-state index contributed by atoms with van der Waals surface area (Å²) >= 11 is 2.08. The van der Waals surface area contributed by atoms with E-state index >= 15 is 0 Å². The minimum atomic E-state index is 0. The van der Waals surface area contributed by atoms with Gasteiger partial charge in [0.25, 0.3) is 0 Å². The molecule has 0 spiro atoms. The van der Waals surface area contributed by atoms with E-state index in [0.29, 0.717) is 4.75 Å². The highest BCUT2D eigenvalue weighted by Gasteiger charge is 2.29. The Morgan fingerprint density at radius 1 is 1.32 bits per heavy atom. The Balaban J connectivity index is 0.00000180. The molecule has 0 amide bonds. The third-order valence-corrected chi connectivity index (χ3v) is 5.52. The van der Waals surface area contributed by atoms with Crippen LogP contribution in [0, 0.1) is 5.92 Å². The maximum atomic E-state index is 4.77. The highest BCUT2D eigenvalue weighted by molar-refractivity contribution is 14.0. The van der Waals surface area contributed by atoms with E-state index in [9.17, 15) is 0 Å². The first kappa shape index (κ1) is 17.4. The number of nitrogens with zero attached hydrogens (tertiary/aromatic N) is 1. The Morgan fingerprint density at radius 3 is 2.63 bits per heavy atom. The summed E-state index contributed by atoms with van der Waals surface area (Å²) in [6.45, 7) is 7.46. The molecule has 1 aliphatic heterocycles.